The van der Waals surface area contributed by atoms with Gasteiger partial charge < -0.3 is 18.9 Å². The van der Waals surface area contributed by atoms with Crippen LogP contribution in [0.3, 0.4) is 0 Å². The standard InChI is InChI=1S/C21H29F3O4/c1-2-3-4-15-11-25-19(26-12-15)10-5-16-13-27-20(28-14-16)17-6-8-18(9-7-17)21(22,23)24/h6-9,15-16,19-20H,2-5,10-14H2,1H3/t15-,16-,19-,20-. The van der Waals surface area contributed by atoms with Crippen molar-refractivity contribution in [3.63, 3.8) is 0 Å². The van der Waals surface area contributed by atoms with E-state index < -0.39 is 18.0 Å². The maximum Gasteiger partial charge on any atom is 0.416 e. The Hall–Kier alpha value is -1.15. The van der Waals surface area contributed by atoms with Crippen molar-refractivity contribution in [3.8, 4) is 0 Å². The maximum absolute atomic E-state index is 12.6. The molecule has 158 valence electrons. The second-order valence-electron chi connectivity index (χ2n) is 7.67. The molecule has 0 amide bonds. The Labute approximate surface area is 164 Å². The lowest BCUT2D eigenvalue weighted by Gasteiger charge is -2.32. The Bertz CT molecular complexity index is 574. The predicted octanol–water partition coefficient (Wildman–Crippen LogP) is 5.33. The highest BCUT2D eigenvalue weighted by molar-refractivity contribution is 5.25. The molecule has 0 unspecified atom stereocenters. The van der Waals surface area contributed by atoms with Crippen molar-refractivity contribution < 1.29 is 32.1 Å². The third kappa shape index (κ3) is 6.17. The fourth-order valence-corrected chi connectivity index (χ4v) is 3.51. The average molecular weight is 402 g/mol. The fraction of sp³-hybridized carbons (Fsp3) is 0.714. The second kappa shape index (κ2) is 10.1. The number of rotatable bonds is 7. The molecule has 3 rings (SSSR count). The van der Waals surface area contributed by atoms with Crippen molar-refractivity contribution in [2.24, 2.45) is 11.8 Å². The summed E-state index contributed by atoms with van der Waals surface area (Å²) in [6.45, 7) is 4.73. The van der Waals surface area contributed by atoms with Crippen molar-refractivity contribution in [2.45, 2.75) is 57.8 Å². The van der Waals surface area contributed by atoms with Crippen molar-refractivity contribution in [3.05, 3.63) is 35.4 Å². The van der Waals surface area contributed by atoms with E-state index in [1.165, 1.54) is 25.0 Å². The summed E-state index contributed by atoms with van der Waals surface area (Å²) in [6, 6.07) is 4.93. The molecule has 0 aromatic heterocycles. The van der Waals surface area contributed by atoms with Crippen LogP contribution in [-0.2, 0) is 25.1 Å². The van der Waals surface area contributed by atoms with Crippen molar-refractivity contribution in [2.75, 3.05) is 26.4 Å². The summed E-state index contributed by atoms with van der Waals surface area (Å²) in [7, 11) is 0. The van der Waals surface area contributed by atoms with Gasteiger partial charge in [0.25, 0.3) is 0 Å². The minimum absolute atomic E-state index is 0.162. The first-order chi connectivity index (χ1) is 13.5. The summed E-state index contributed by atoms with van der Waals surface area (Å²) in [4.78, 5) is 0. The van der Waals surface area contributed by atoms with Gasteiger partial charge in [-0.1, -0.05) is 31.9 Å². The van der Waals surface area contributed by atoms with Gasteiger partial charge in [-0.15, -0.1) is 0 Å². The van der Waals surface area contributed by atoms with E-state index in [0.717, 1.165) is 44.6 Å². The molecule has 4 nitrogen and oxygen atoms in total. The van der Waals surface area contributed by atoms with Crippen LogP contribution in [0, 0.1) is 11.8 Å². The first-order valence-electron chi connectivity index (χ1n) is 10.1. The molecule has 2 heterocycles. The van der Waals surface area contributed by atoms with Crippen LogP contribution in [-0.4, -0.2) is 32.7 Å². The summed E-state index contributed by atoms with van der Waals surface area (Å²) in [5.74, 6) is 0.734. The zero-order valence-corrected chi connectivity index (χ0v) is 16.2. The molecule has 2 aliphatic heterocycles. The van der Waals surface area contributed by atoms with Gasteiger partial charge >= 0.3 is 6.18 Å². The molecule has 2 fully saturated rings. The molecule has 2 saturated heterocycles. The Balaban J connectivity index is 1.36. The zero-order chi connectivity index (χ0) is 20.0. The van der Waals surface area contributed by atoms with Gasteiger partial charge in [0.1, 0.15) is 0 Å². The molecular weight excluding hydrogens is 373 g/mol. The van der Waals surface area contributed by atoms with E-state index in [2.05, 4.69) is 6.92 Å². The quantitative estimate of drug-likeness (QED) is 0.618. The van der Waals surface area contributed by atoms with Gasteiger partial charge in [0.05, 0.1) is 32.0 Å². The minimum Gasteiger partial charge on any atom is -0.352 e. The van der Waals surface area contributed by atoms with Crippen LogP contribution in [0.4, 0.5) is 13.2 Å². The number of hydrogen-bond donors (Lipinski definition) is 0. The number of alkyl halides is 3. The molecule has 28 heavy (non-hydrogen) atoms. The fourth-order valence-electron chi connectivity index (χ4n) is 3.51. The largest absolute Gasteiger partial charge is 0.416 e. The van der Waals surface area contributed by atoms with Crippen LogP contribution in [0.15, 0.2) is 24.3 Å². The molecule has 0 bridgehead atoms. The van der Waals surface area contributed by atoms with Crippen molar-refractivity contribution >= 4 is 0 Å². The van der Waals surface area contributed by atoms with Crippen LogP contribution in [0.5, 0.6) is 0 Å². The smallest absolute Gasteiger partial charge is 0.352 e. The van der Waals surface area contributed by atoms with E-state index in [1.54, 1.807) is 0 Å². The molecular formula is C21H29F3O4. The van der Waals surface area contributed by atoms with Gasteiger partial charge in [0.15, 0.2) is 12.6 Å². The monoisotopic (exact) mass is 402 g/mol. The normalized spacial score (nSPS) is 29.0. The van der Waals surface area contributed by atoms with E-state index >= 15 is 0 Å². The van der Waals surface area contributed by atoms with Crippen LogP contribution >= 0.6 is 0 Å². The lowest BCUT2D eigenvalue weighted by Crippen LogP contribution is -2.33. The zero-order valence-electron chi connectivity index (χ0n) is 16.2. The van der Waals surface area contributed by atoms with E-state index in [9.17, 15) is 13.2 Å². The Kier molecular flexibility index (Phi) is 7.74. The lowest BCUT2D eigenvalue weighted by atomic mass is 10.0. The Morgan fingerprint density at radius 1 is 0.821 bits per heavy atom. The maximum atomic E-state index is 12.6. The number of hydrogen-bond acceptors (Lipinski definition) is 4. The van der Waals surface area contributed by atoms with Gasteiger partial charge in [-0.2, -0.15) is 13.2 Å². The van der Waals surface area contributed by atoms with E-state index in [0.29, 0.717) is 24.7 Å². The molecule has 1 aromatic rings. The molecule has 0 saturated carbocycles. The van der Waals surface area contributed by atoms with E-state index in [1.807, 2.05) is 0 Å². The number of halogens is 3. The van der Waals surface area contributed by atoms with Crippen LogP contribution < -0.4 is 0 Å². The second-order valence-corrected chi connectivity index (χ2v) is 7.67. The van der Waals surface area contributed by atoms with Gasteiger partial charge in [-0.3, -0.25) is 0 Å². The first kappa shape index (κ1) is 21.6. The average Bonchev–Trinajstić information content (AvgIpc) is 2.71. The molecule has 1 aromatic carbocycles. The molecule has 0 radical (unpaired) electrons. The molecule has 0 atom stereocenters. The van der Waals surface area contributed by atoms with Gasteiger partial charge in [-0.25, -0.2) is 0 Å². The number of ether oxygens (including phenoxy) is 4. The molecule has 7 heteroatoms. The summed E-state index contributed by atoms with van der Waals surface area (Å²) >= 11 is 0. The third-order valence-corrected chi connectivity index (χ3v) is 5.29. The van der Waals surface area contributed by atoms with Gasteiger partial charge in [0.2, 0.25) is 0 Å². The lowest BCUT2D eigenvalue weighted by molar-refractivity contribution is -0.220. The topological polar surface area (TPSA) is 36.9 Å². The summed E-state index contributed by atoms with van der Waals surface area (Å²) in [6.07, 6.45) is 0.0993. The van der Waals surface area contributed by atoms with Gasteiger partial charge in [-0.05, 0) is 31.4 Å². The third-order valence-electron chi connectivity index (χ3n) is 5.29. The predicted molar refractivity (Wildman–Crippen MR) is 97.5 cm³/mol. The molecule has 0 aliphatic carbocycles. The van der Waals surface area contributed by atoms with Crippen molar-refractivity contribution in [1.82, 2.24) is 0 Å². The highest BCUT2D eigenvalue weighted by Gasteiger charge is 2.31. The SMILES string of the molecule is CCCC[C@H]1CO[C@H](CC[C@H]2CO[C@H](c3ccc(C(F)(F)F)cc3)OC2)OC1. The highest BCUT2D eigenvalue weighted by atomic mass is 19.4. The Morgan fingerprint density at radius 3 is 1.96 bits per heavy atom. The van der Waals surface area contributed by atoms with Crippen LogP contribution in [0.25, 0.3) is 0 Å². The van der Waals surface area contributed by atoms with Crippen molar-refractivity contribution in [1.29, 1.82) is 0 Å². The first-order valence-corrected chi connectivity index (χ1v) is 10.1. The Morgan fingerprint density at radius 2 is 1.39 bits per heavy atom. The van der Waals surface area contributed by atoms with E-state index in [-0.39, 0.29) is 12.2 Å². The molecule has 0 spiro atoms. The highest BCUT2D eigenvalue weighted by Crippen LogP contribution is 2.32. The number of benzene rings is 1. The molecule has 0 N–H and O–H groups in total. The molecule has 2 aliphatic rings. The summed E-state index contributed by atoms with van der Waals surface area (Å²) < 4.78 is 61.0. The van der Waals surface area contributed by atoms with E-state index in [4.69, 9.17) is 18.9 Å². The summed E-state index contributed by atoms with van der Waals surface area (Å²) in [5.41, 5.74) is -0.0714. The number of unbranched alkanes of at least 4 members (excludes halogenated alkanes) is 1. The minimum atomic E-state index is -4.34. The van der Waals surface area contributed by atoms with Gasteiger partial charge in [0, 0.05) is 17.4 Å². The summed E-state index contributed by atoms with van der Waals surface area (Å²) in [5, 5.41) is 0. The van der Waals surface area contributed by atoms with Crippen LogP contribution in [0.2, 0.25) is 0 Å². The van der Waals surface area contributed by atoms with Crippen LogP contribution in [0.1, 0.15) is 56.4 Å².